The molecular formula is C14H25N3O2S. The van der Waals surface area contributed by atoms with Gasteiger partial charge in [0, 0.05) is 11.4 Å². The zero-order valence-corrected chi connectivity index (χ0v) is 13.4. The smallest absolute Gasteiger partial charge is 0.309 e. The number of aromatic nitrogens is 1. The summed E-state index contributed by atoms with van der Waals surface area (Å²) >= 11 is 1.53. The summed E-state index contributed by atoms with van der Waals surface area (Å²) in [6.07, 6.45) is 2.27. The Kier molecular flexibility index (Phi) is 7.54. The van der Waals surface area contributed by atoms with Crippen LogP contribution in [0.2, 0.25) is 0 Å². The largest absolute Gasteiger partial charge is 0.481 e. The van der Waals surface area contributed by atoms with Gasteiger partial charge in [-0.1, -0.05) is 13.8 Å². The van der Waals surface area contributed by atoms with Crippen molar-refractivity contribution < 1.29 is 9.90 Å². The van der Waals surface area contributed by atoms with E-state index in [1.807, 2.05) is 6.92 Å². The fraction of sp³-hybridized carbons (Fsp3) is 0.714. The van der Waals surface area contributed by atoms with Crippen LogP contribution in [0, 0.1) is 6.92 Å². The van der Waals surface area contributed by atoms with Crippen LogP contribution in [0.4, 0.5) is 5.13 Å². The summed E-state index contributed by atoms with van der Waals surface area (Å²) in [5.41, 5.74) is 0.674. The maximum absolute atomic E-state index is 10.7. The molecule has 0 radical (unpaired) electrons. The fourth-order valence-electron chi connectivity index (χ4n) is 2.01. The van der Waals surface area contributed by atoms with Crippen LogP contribution in [-0.2, 0) is 11.2 Å². The quantitative estimate of drug-likeness (QED) is 0.650. The second-order valence-corrected chi connectivity index (χ2v) is 5.96. The number of hydrogen-bond acceptors (Lipinski definition) is 5. The Morgan fingerprint density at radius 1 is 1.35 bits per heavy atom. The maximum atomic E-state index is 10.7. The second kappa shape index (κ2) is 8.92. The van der Waals surface area contributed by atoms with Crippen LogP contribution in [0.15, 0.2) is 0 Å². The molecule has 0 aliphatic heterocycles. The lowest BCUT2D eigenvalue weighted by molar-refractivity contribution is -0.136. The third-order valence-electron chi connectivity index (χ3n) is 3.28. The number of hydrogen-bond donors (Lipinski definition) is 2. The van der Waals surface area contributed by atoms with E-state index in [4.69, 9.17) is 5.11 Å². The molecule has 0 aromatic carbocycles. The number of nitrogens with one attached hydrogen (secondary N) is 1. The van der Waals surface area contributed by atoms with Gasteiger partial charge in [-0.25, -0.2) is 4.98 Å². The van der Waals surface area contributed by atoms with E-state index in [0.717, 1.165) is 42.6 Å². The Labute approximate surface area is 125 Å². The minimum absolute atomic E-state index is 0.00593. The molecule has 114 valence electrons. The lowest BCUT2D eigenvalue weighted by Crippen LogP contribution is -2.24. The number of carboxylic acid groups (broad SMARTS) is 1. The monoisotopic (exact) mass is 299 g/mol. The van der Waals surface area contributed by atoms with E-state index >= 15 is 0 Å². The van der Waals surface area contributed by atoms with Gasteiger partial charge < -0.3 is 15.3 Å². The Bertz CT molecular complexity index is 417. The maximum Gasteiger partial charge on any atom is 0.309 e. The van der Waals surface area contributed by atoms with Gasteiger partial charge in [-0.05, 0) is 39.4 Å². The van der Waals surface area contributed by atoms with Crippen LogP contribution in [0.5, 0.6) is 0 Å². The SMILES string of the molecule is CCN(CC)CCCCNc1nc(CC(=O)O)c(C)s1. The summed E-state index contributed by atoms with van der Waals surface area (Å²) < 4.78 is 0. The number of thiazole rings is 1. The zero-order valence-electron chi connectivity index (χ0n) is 12.6. The molecule has 1 heterocycles. The van der Waals surface area contributed by atoms with Crippen molar-refractivity contribution in [2.24, 2.45) is 0 Å². The molecule has 5 nitrogen and oxygen atoms in total. The van der Waals surface area contributed by atoms with Crippen molar-refractivity contribution in [3.63, 3.8) is 0 Å². The standard InChI is InChI=1S/C14H25N3O2S/c1-4-17(5-2)9-7-6-8-15-14-16-12(10-13(18)19)11(3)20-14/h4-10H2,1-3H3,(H,15,16)(H,18,19). The molecular weight excluding hydrogens is 274 g/mol. The van der Waals surface area contributed by atoms with Gasteiger partial charge in [0.05, 0.1) is 12.1 Å². The first-order valence-corrected chi connectivity index (χ1v) is 8.02. The number of aliphatic carboxylic acids is 1. The zero-order chi connectivity index (χ0) is 15.0. The summed E-state index contributed by atoms with van der Waals surface area (Å²) in [5.74, 6) is -0.829. The molecule has 0 fully saturated rings. The molecule has 0 saturated carbocycles. The van der Waals surface area contributed by atoms with E-state index in [9.17, 15) is 4.79 Å². The molecule has 0 bridgehead atoms. The Balaban J connectivity index is 2.27. The van der Waals surface area contributed by atoms with Crippen molar-refractivity contribution in [3.05, 3.63) is 10.6 Å². The summed E-state index contributed by atoms with van der Waals surface area (Å²) in [7, 11) is 0. The van der Waals surface area contributed by atoms with Gasteiger partial charge in [-0.3, -0.25) is 4.79 Å². The van der Waals surface area contributed by atoms with E-state index in [0.29, 0.717) is 5.69 Å². The Morgan fingerprint density at radius 2 is 2.05 bits per heavy atom. The molecule has 0 spiro atoms. The van der Waals surface area contributed by atoms with E-state index in [-0.39, 0.29) is 6.42 Å². The summed E-state index contributed by atoms with van der Waals surface area (Å²) in [5, 5.41) is 12.9. The summed E-state index contributed by atoms with van der Waals surface area (Å²) in [6, 6.07) is 0. The summed E-state index contributed by atoms with van der Waals surface area (Å²) in [6.45, 7) is 10.5. The van der Waals surface area contributed by atoms with Gasteiger partial charge in [0.15, 0.2) is 5.13 Å². The second-order valence-electron chi connectivity index (χ2n) is 4.75. The molecule has 0 aliphatic carbocycles. The molecule has 0 amide bonds. The third kappa shape index (κ3) is 5.88. The normalized spacial score (nSPS) is 11.0. The van der Waals surface area contributed by atoms with Gasteiger partial charge in [0.25, 0.3) is 0 Å². The van der Waals surface area contributed by atoms with Gasteiger partial charge >= 0.3 is 5.97 Å². The van der Waals surface area contributed by atoms with Crippen LogP contribution in [0.1, 0.15) is 37.3 Å². The van der Waals surface area contributed by atoms with E-state index in [1.165, 1.54) is 17.8 Å². The molecule has 0 unspecified atom stereocenters. The van der Waals surface area contributed by atoms with E-state index in [2.05, 4.69) is 29.0 Å². The molecule has 0 aliphatic rings. The van der Waals surface area contributed by atoms with Crippen LogP contribution >= 0.6 is 11.3 Å². The molecule has 1 rings (SSSR count). The highest BCUT2D eigenvalue weighted by Crippen LogP contribution is 2.22. The van der Waals surface area contributed by atoms with Gasteiger partial charge in [0.1, 0.15) is 0 Å². The van der Waals surface area contributed by atoms with Crippen molar-refractivity contribution in [1.82, 2.24) is 9.88 Å². The molecule has 6 heteroatoms. The number of carboxylic acids is 1. The number of nitrogens with zero attached hydrogens (tertiary/aromatic N) is 2. The predicted octanol–water partition coefficient (Wildman–Crippen LogP) is 2.61. The van der Waals surface area contributed by atoms with Gasteiger partial charge in [0.2, 0.25) is 0 Å². The average Bonchev–Trinajstić information content (AvgIpc) is 2.74. The van der Waals surface area contributed by atoms with Crippen LogP contribution < -0.4 is 5.32 Å². The van der Waals surface area contributed by atoms with Crippen LogP contribution in [0.25, 0.3) is 0 Å². The number of rotatable bonds is 10. The topological polar surface area (TPSA) is 65.5 Å². The molecule has 20 heavy (non-hydrogen) atoms. The Morgan fingerprint density at radius 3 is 2.65 bits per heavy atom. The molecule has 2 N–H and O–H groups in total. The average molecular weight is 299 g/mol. The molecule has 0 atom stereocenters. The fourth-order valence-corrected chi connectivity index (χ4v) is 2.86. The van der Waals surface area contributed by atoms with E-state index < -0.39 is 5.97 Å². The molecule has 0 saturated heterocycles. The number of unbranched alkanes of at least 4 members (excludes halogenated alkanes) is 1. The van der Waals surface area contributed by atoms with Crippen molar-refractivity contribution in [3.8, 4) is 0 Å². The highest BCUT2D eigenvalue weighted by atomic mass is 32.1. The molecule has 1 aromatic heterocycles. The first-order chi connectivity index (χ1) is 9.56. The first kappa shape index (κ1) is 16.9. The van der Waals surface area contributed by atoms with Gasteiger partial charge in [-0.2, -0.15) is 0 Å². The van der Waals surface area contributed by atoms with Crippen molar-refractivity contribution in [2.45, 2.75) is 40.0 Å². The van der Waals surface area contributed by atoms with Crippen molar-refractivity contribution >= 4 is 22.4 Å². The van der Waals surface area contributed by atoms with E-state index in [1.54, 1.807) is 0 Å². The third-order valence-corrected chi connectivity index (χ3v) is 4.25. The predicted molar refractivity (Wildman–Crippen MR) is 83.7 cm³/mol. The first-order valence-electron chi connectivity index (χ1n) is 7.21. The van der Waals surface area contributed by atoms with Gasteiger partial charge in [-0.15, -0.1) is 11.3 Å². The van der Waals surface area contributed by atoms with Crippen LogP contribution in [0.3, 0.4) is 0 Å². The number of carbonyl (C=O) groups is 1. The van der Waals surface area contributed by atoms with Crippen LogP contribution in [-0.4, -0.2) is 47.1 Å². The highest BCUT2D eigenvalue weighted by Gasteiger charge is 2.10. The Hall–Kier alpha value is -1.14. The minimum atomic E-state index is -0.829. The molecule has 1 aromatic rings. The van der Waals surface area contributed by atoms with Crippen molar-refractivity contribution in [2.75, 3.05) is 31.5 Å². The number of aryl methyl sites for hydroxylation is 1. The lowest BCUT2D eigenvalue weighted by atomic mass is 10.3. The lowest BCUT2D eigenvalue weighted by Gasteiger charge is -2.17. The summed E-state index contributed by atoms with van der Waals surface area (Å²) in [4.78, 5) is 18.4. The number of anilines is 1. The highest BCUT2D eigenvalue weighted by molar-refractivity contribution is 7.15. The minimum Gasteiger partial charge on any atom is -0.481 e. The van der Waals surface area contributed by atoms with Crippen molar-refractivity contribution in [1.29, 1.82) is 0 Å².